The van der Waals surface area contributed by atoms with Gasteiger partial charge in [-0.05, 0) is 5.92 Å². The minimum absolute atomic E-state index is 0.0313. The fourth-order valence-electron chi connectivity index (χ4n) is 0.987. The standard InChI is InChI=1S/C8H15N3O/c1-3-7(2)4-11-8(5-12)9-6-10-11/h6-7,12H,3-5H2,1-2H3. The van der Waals surface area contributed by atoms with Crippen molar-refractivity contribution in [3.8, 4) is 0 Å². The van der Waals surface area contributed by atoms with Crippen molar-refractivity contribution >= 4 is 0 Å². The van der Waals surface area contributed by atoms with E-state index in [-0.39, 0.29) is 6.61 Å². The summed E-state index contributed by atoms with van der Waals surface area (Å²) >= 11 is 0. The summed E-state index contributed by atoms with van der Waals surface area (Å²) in [6.45, 7) is 5.10. The van der Waals surface area contributed by atoms with Crippen LogP contribution in [0.3, 0.4) is 0 Å². The second-order valence-corrected chi connectivity index (χ2v) is 3.03. The summed E-state index contributed by atoms with van der Waals surface area (Å²) in [6, 6.07) is 0. The summed E-state index contributed by atoms with van der Waals surface area (Å²) in [7, 11) is 0. The average molecular weight is 169 g/mol. The topological polar surface area (TPSA) is 50.9 Å². The van der Waals surface area contributed by atoms with E-state index in [1.54, 1.807) is 4.68 Å². The van der Waals surface area contributed by atoms with Crippen LogP contribution in [0.5, 0.6) is 0 Å². The fourth-order valence-corrected chi connectivity index (χ4v) is 0.987. The highest BCUT2D eigenvalue weighted by molar-refractivity contribution is 4.80. The van der Waals surface area contributed by atoms with Crippen LogP contribution >= 0.6 is 0 Å². The van der Waals surface area contributed by atoms with E-state index in [0.29, 0.717) is 11.7 Å². The molecule has 4 heteroatoms. The molecular weight excluding hydrogens is 154 g/mol. The van der Waals surface area contributed by atoms with E-state index >= 15 is 0 Å². The number of aromatic nitrogens is 3. The monoisotopic (exact) mass is 169 g/mol. The molecule has 0 saturated heterocycles. The lowest BCUT2D eigenvalue weighted by atomic mass is 10.1. The van der Waals surface area contributed by atoms with Gasteiger partial charge in [0.25, 0.3) is 0 Å². The van der Waals surface area contributed by atoms with Gasteiger partial charge in [-0.15, -0.1) is 0 Å². The third kappa shape index (κ3) is 2.04. The lowest BCUT2D eigenvalue weighted by Crippen LogP contribution is -2.11. The maximum Gasteiger partial charge on any atom is 0.152 e. The summed E-state index contributed by atoms with van der Waals surface area (Å²) in [4.78, 5) is 3.92. The molecule has 0 fully saturated rings. The maximum atomic E-state index is 8.87. The number of aliphatic hydroxyl groups is 1. The van der Waals surface area contributed by atoms with Crippen LogP contribution in [-0.4, -0.2) is 19.9 Å². The quantitative estimate of drug-likeness (QED) is 0.725. The van der Waals surface area contributed by atoms with Gasteiger partial charge in [0.1, 0.15) is 12.9 Å². The molecule has 0 bridgehead atoms. The van der Waals surface area contributed by atoms with Crippen molar-refractivity contribution in [1.82, 2.24) is 14.8 Å². The number of hydrogen-bond acceptors (Lipinski definition) is 3. The molecule has 0 spiro atoms. The molecule has 0 radical (unpaired) electrons. The van der Waals surface area contributed by atoms with Gasteiger partial charge in [-0.2, -0.15) is 5.10 Å². The van der Waals surface area contributed by atoms with Crippen molar-refractivity contribution < 1.29 is 5.11 Å². The van der Waals surface area contributed by atoms with Crippen molar-refractivity contribution in [3.05, 3.63) is 12.2 Å². The van der Waals surface area contributed by atoms with Crippen molar-refractivity contribution in [3.63, 3.8) is 0 Å². The summed E-state index contributed by atoms with van der Waals surface area (Å²) < 4.78 is 1.76. The van der Waals surface area contributed by atoms with E-state index in [2.05, 4.69) is 23.9 Å². The number of hydrogen-bond donors (Lipinski definition) is 1. The lowest BCUT2D eigenvalue weighted by Gasteiger charge is -2.09. The minimum atomic E-state index is -0.0313. The molecule has 4 nitrogen and oxygen atoms in total. The molecule has 1 aromatic rings. The zero-order valence-corrected chi connectivity index (χ0v) is 7.56. The molecule has 1 atom stereocenters. The smallest absolute Gasteiger partial charge is 0.152 e. The minimum Gasteiger partial charge on any atom is -0.388 e. The molecule has 68 valence electrons. The molecule has 0 aliphatic rings. The predicted molar refractivity (Wildman–Crippen MR) is 45.4 cm³/mol. The van der Waals surface area contributed by atoms with Crippen LogP contribution in [0.1, 0.15) is 26.1 Å². The largest absolute Gasteiger partial charge is 0.388 e. The van der Waals surface area contributed by atoms with Crippen LogP contribution in [-0.2, 0) is 13.2 Å². The first-order valence-electron chi connectivity index (χ1n) is 4.25. The third-order valence-corrected chi connectivity index (χ3v) is 2.02. The molecular formula is C8H15N3O. The number of aliphatic hydroxyl groups excluding tert-OH is 1. The summed E-state index contributed by atoms with van der Waals surface area (Å²) in [5.74, 6) is 1.23. The highest BCUT2D eigenvalue weighted by Crippen LogP contribution is 2.05. The first kappa shape index (κ1) is 9.19. The molecule has 1 N–H and O–H groups in total. The zero-order chi connectivity index (χ0) is 8.97. The Kier molecular flexibility index (Phi) is 3.22. The van der Waals surface area contributed by atoms with Gasteiger partial charge in [-0.25, -0.2) is 9.67 Å². The van der Waals surface area contributed by atoms with Gasteiger partial charge in [0, 0.05) is 6.54 Å². The van der Waals surface area contributed by atoms with Crippen LogP contribution in [0.4, 0.5) is 0 Å². The van der Waals surface area contributed by atoms with Crippen LogP contribution in [0.15, 0.2) is 6.33 Å². The Morgan fingerprint density at radius 3 is 3.00 bits per heavy atom. The number of rotatable bonds is 4. The van der Waals surface area contributed by atoms with Gasteiger partial charge in [0.15, 0.2) is 5.82 Å². The molecule has 1 rings (SSSR count). The Morgan fingerprint density at radius 2 is 2.42 bits per heavy atom. The van der Waals surface area contributed by atoms with E-state index in [0.717, 1.165) is 13.0 Å². The molecule has 0 aliphatic carbocycles. The fraction of sp³-hybridized carbons (Fsp3) is 0.750. The van der Waals surface area contributed by atoms with Gasteiger partial charge in [0.05, 0.1) is 0 Å². The van der Waals surface area contributed by atoms with Crippen LogP contribution in [0.2, 0.25) is 0 Å². The Morgan fingerprint density at radius 1 is 1.67 bits per heavy atom. The Hall–Kier alpha value is -0.900. The first-order valence-corrected chi connectivity index (χ1v) is 4.25. The van der Waals surface area contributed by atoms with E-state index in [9.17, 15) is 0 Å². The normalized spacial score (nSPS) is 13.2. The second-order valence-electron chi connectivity index (χ2n) is 3.03. The van der Waals surface area contributed by atoms with E-state index < -0.39 is 0 Å². The molecule has 0 saturated carbocycles. The summed E-state index contributed by atoms with van der Waals surface area (Å²) in [6.07, 6.45) is 2.60. The van der Waals surface area contributed by atoms with Gasteiger partial charge < -0.3 is 5.11 Å². The van der Waals surface area contributed by atoms with Gasteiger partial charge >= 0.3 is 0 Å². The van der Waals surface area contributed by atoms with E-state index in [4.69, 9.17) is 5.11 Å². The Bertz CT molecular complexity index is 234. The molecule has 12 heavy (non-hydrogen) atoms. The summed E-state index contributed by atoms with van der Waals surface area (Å²) in [5.41, 5.74) is 0. The van der Waals surface area contributed by atoms with Crippen molar-refractivity contribution in [2.24, 2.45) is 5.92 Å². The van der Waals surface area contributed by atoms with E-state index in [1.165, 1.54) is 6.33 Å². The van der Waals surface area contributed by atoms with Gasteiger partial charge in [-0.3, -0.25) is 0 Å². The molecule has 0 aliphatic heterocycles. The molecule has 1 aromatic heterocycles. The predicted octanol–water partition coefficient (Wildman–Crippen LogP) is 0.817. The van der Waals surface area contributed by atoms with Crippen molar-refractivity contribution in [1.29, 1.82) is 0 Å². The van der Waals surface area contributed by atoms with Gasteiger partial charge in [0.2, 0.25) is 0 Å². The molecule has 1 unspecified atom stereocenters. The Balaban J connectivity index is 2.61. The van der Waals surface area contributed by atoms with Gasteiger partial charge in [-0.1, -0.05) is 20.3 Å². The highest BCUT2D eigenvalue weighted by atomic mass is 16.3. The molecule has 1 heterocycles. The SMILES string of the molecule is CCC(C)Cn1ncnc1CO. The van der Waals surface area contributed by atoms with Crippen LogP contribution in [0.25, 0.3) is 0 Å². The van der Waals surface area contributed by atoms with E-state index in [1.807, 2.05) is 0 Å². The van der Waals surface area contributed by atoms with Crippen molar-refractivity contribution in [2.75, 3.05) is 0 Å². The lowest BCUT2D eigenvalue weighted by molar-refractivity contribution is 0.258. The molecule has 0 amide bonds. The summed E-state index contributed by atoms with van der Waals surface area (Å²) in [5, 5.41) is 12.9. The number of nitrogens with zero attached hydrogens (tertiary/aromatic N) is 3. The zero-order valence-electron chi connectivity index (χ0n) is 7.56. The van der Waals surface area contributed by atoms with Crippen LogP contribution in [0, 0.1) is 5.92 Å². The van der Waals surface area contributed by atoms with Crippen LogP contribution < -0.4 is 0 Å². The maximum absolute atomic E-state index is 8.87. The van der Waals surface area contributed by atoms with Crippen molar-refractivity contribution in [2.45, 2.75) is 33.4 Å². The third-order valence-electron chi connectivity index (χ3n) is 2.02. The second kappa shape index (κ2) is 4.21. The first-order chi connectivity index (χ1) is 5.77. The average Bonchev–Trinajstić information content (AvgIpc) is 2.51. The Labute approximate surface area is 72.2 Å². The highest BCUT2D eigenvalue weighted by Gasteiger charge is 2.05. The molecule has 0 aromatic carbocycles.